The Morgan fingerprint density at radius 2 is 1.79 bits per heavy atom. The second-order valence-electron chi connectivity index (χ2n) is 5.25. The molecule has 0 spiro atoms. The lowest BCUT2D eigenvalue weighted by Gasteiger charge is -2.08. The molecule has 0 aliphatic rings. The first-order valence-corrected chi connectivity index (χ1v) is 8.88. The van der Waals surface area contributed by atoms with Gasteiger partial charge in [-0.2, -0.15) is 0 Å². The number of benzene rings is 1. The lowest BCUT2D eigenvalue weighted by Crippen LogP contribution is -2.14. The van der Waals surface area contributed by atoms with E-state index in [9.17, 15) is 9.59 Å². The van der Waals surface area contributed by atoms with Crippen molar-refractivity contribution in [2.45, 2.75) is 31.1 Å². The molecule has 0 unspecified atom stereocenters. The summed E-state index contributed by atoms with van der Waals surface area (Å²) in [4.78, 5) is 28.6. The average Bonchev–Trinajstić information content (AvgIpc) is 2.59. The Kier molecular flexibility index (Phi) is 7.29. The second-order valence-corrected chi connectivity index (χ2v) is 6.30. The molecule has 1 aromatic carbocycles. The Balaban J connectivity index is 1.83. The molecular formula is C18H21N3O2S. The highest BCUT2D eigenvalue weighted by Gasteiger charge is 2.06. The first kappa shape index (κ1) is 18.0. The Bertz CT molecular complexity index is 677. The third-order valence-electron chi connectivity index (χ3n) is 3.21. The Morgan fingerprint density at radius 3 is 2.54 bits per heavy atom. The molecule has 1 aromatic heterocycles. The molecule has 2 amide bonds. The minimum absolute atomic E-state index is 0.0226. The van der Waals surface area contributed by atoms with Gasteiger partial charge in [0, 0.05) is 35.1 Å². The molecule has 5 nitrogen and oxygen atoms in total. The van der Waals surface area contributed by atoms with Gasteiger partial charge in [0.15, 0.2) is 0 Å². The van der Waals surface area contributed by atoms with Crippen LogP contribution >= 0.6 is 11.8 Å². The van der Waals surface area contributed by atoms with Gasteiger partial charge in [0.1, 0.15) is 0 Å². The van der Waals surface area contributed by atoms with Crippen molar-refractivity contribution < 1.29 is 9.59 Å². The van der Waals surface area contributed by atoms with Gasteiger partial charge in [-0.1, -0.05) is 19.4 Å². The van der Waals surface area contributed by atoms with E-state index in [1.807, 2.05) is 24.3 Å². The Hall–Kier alpha value is -2.34. The van der Waals surface area contributed by atoms with E-state index in [-0.39, 0.29) is 11.8 Å². The van der Waals surface area contributed by atoms with Crippen LogP contribution in [0.4, 0.5) is 11.4 Å². The van der Waals surface area contributed by atoms with Crippen LogP contribution in [0.3, 0.4) is 0 Å². The van der Waals surface area contributed by atoms with Crippen LogP contribution in [0, 0.1) is 0 Å². The third kappa shape index (κ3) is 6.42. The highest BCUT2D eigenvalue weighted by atomic mass is 32.2. The van der Waals surface area contributed by atoms with Crippen molar-refractivity contribution in [3.8, 4) is 0 Å². The lowest BCUT2D eigenvalue weighted by atomic mass is 10.2. The number of aromatic nitrogens is 1. The normalized spacial score (nSPS) is 10.2. The minimum atomic E-state index is -0.0800. The van der Waals surface area contributed by atoms with Gasteiger partial charge in [-0.25, -0.2) is 0 Å². The van der Waals surface area contributed by atoms with Crippen molar-refractivity contribution >= 4 is 35.0 Å². The molecule has 0 fully saturated rings. The zero-order valence-corrected chi connectivity index (χ0v) is 14.4. The van der Waals surface area contributed by atoms with Crippen LogP contribution in [0.1, 0.15) is 26.2 Å². The van der Waals surface area contributed by atoms with Crippen molar-refractivity contribution in [1.29, 1.82) is 0 Å². The molecule has 2 N–H and O–H groups in total. The number of hydrogen-bond acceptors (Lipinski definition) is 4. The van der Waals surface area contributed by atoms with Gasteiger partial charge in [-0.3, -0.25) is 14.6 Å². The van der Waals surface area contributed by atoms with Gasteiger partial charge in [-0.15, -0.1) is 11.8 Å². The maximum absolute atomic E-state index is 11.9. The zero-order valence-electron chi connectivity index (χ0n) is 13.6. The fourth-order valence-electron chi connectivity index (χ4n) is 2.01. The SMILES string of the molecule is CCCCC(=O)Nc1cccc(SCC(=O)Nc2ccncc2)c1. The van der Waals surface area contributed by atoms with Gasteiger partial charge >= 0.3 is 0 Å². The summed E-state index contributed by atoms with van der Waals surface area (Å²) in [6.45, 7) is 2.06. The number of hydrogen-bond donors (Lipinski definition) is 2. The van der Waals surface area contributed by atoms with E-state index < -0.39 is 0 Å². The summed E-state index contributed by atoms with van der Waals surface area (Å²) >= 11 is 1.43. The van der Waals surface area contributed by atoms with E-state index in [1.54, 1.807) is 24.5 Å². The molecule has 1 heterocycles. The number of pyridine rings is 1. The van der Waals surface area contributed by atoms with Crippen LogP contribution < -0.4 is 10.6 Å². The molecule has 126 valence electrons. The topological polar surface area (TPSA) is 71.1 Å². The molecule has 0 bridgehead atoms. The predicted octanol–water partition coefficient (Wildman–Crippen LogP) is 3.94. The van der Waals surface area contributed by atoms with Crippen molar-refractivity contribution in [2.24, 2.45) is 0 Å². The molecule has 0 aliphatic carbocycles. The van der Waals surface area contributed by atoms with E-state index in [2.05, 4.69) is 22.5 Å². The van der Waals surface area contributed by atoms with Crippen molar-refractivity contribution in [3.05, 3.63) is 48.8 Å². The van der Waals surface area contributed by atoms with Gasteiger partial charge in [0.25, 0.3) is 0 Å². The molecule has 0 atom stereocenters. The Morgan fingerprint density at radius 1 is 1.04 bits per heavy atom. The first-order valence-electron chi connectivity index (χ1n) is 7.90. The number of unbranched alkanes of at least 4 members (excludes halogenated alkanes) is 1. The molecule has 0 saturated carbocycles. The van der Waals surface area contributed by atoms with Gasteiger partial charge in [0.2, 0.25) is 11.8 Å². The van der Waals surface area contributed by atoms with Crippen LogP contribution in [0.5, 0.6) is 0 Å². The molecule has 6 heteroatoms. The van der Waals surface area contributed by atoms with Crippen LogP contribution in [0.2, 0.25) is 0 Å². The van der Waals surface area contributed by atoms with Gasteiger partial charge < -0.3 is 10.6 Å². The monoisotopic (exact) mass is 343 g/mol. The molecule has 0 radical (unpaired) electrons. The maximum Gasteiger partial charge on any atom is 0.234 e. The molecule has 2 aromatic rings. The standard InChI is InChI=1S/C18H21N3O2S/c1-2-3-7-17(22)21-15-5-4-6-16(12-15)24-13-18(23)20-14-8-10-19-11-9-14/h4-6,8-12H,2-3,7,13H2,1H3,(H,21,22)(H,19,20,23). The third-order valence-corrected chi connectivity index (χ3v) is 4.20. The van der Waals surface area contributed by atoms with Crippen molar-refractivity contribution in [1.82, 2.24) is 4.98 Å². The smallest absolute Gasteiger partial charge is 0.234 e. The fraction of sp³-hybridized carbons (Fsp3) is 0.278. The van der Waals surface area contributed by atoms with Crippen LogP contribution in [-0.4, -0.2) is 22.6 Å². The summed E-state index contributed by atoms with van der Waals surface area (Å²) in [6, 6.07) is 11.0. The van der Waals surface area contributed by atoms with Crippen molar-refractivity contribution in [2.75, 3.05) is 16.4 Å². The minimum Gasteiger partial charge on any atom is -0.326 e. The number of carbonyl (C=O) groups excluding carboxylic acids is 2. The zero-order chi connectivity index (χ0) is 17.2. The maximum atomic E-state index is 11.9. The molecule has 0 aliphatic heterocycles. The first-order chi connectivity index (χ1) is 11.7. The molecular weight excluding hydrogens is 322 g/mol. The molecule has 2 rings (SSSR count). The number of nitrogens with one attached hydrogen (secondary N) is 2. The highest BCUT2D eigenvalue weighted by molar-refractivity contribution is 8.00. The van der Waals surface area contributed by atoms with Crippen molar-refractivity contribution in [3.63, 3.8) is 0 Å². The second kappa shape index (κ2) is 9.72. The summed E-state index contributed by atoms with van der Waals surface area (Å²) in [6.07, 6.45) is 5.68. The summed E-state index contributed by atoms with van der Waals surface area (Å²) < 4.78 is 0. The highest BCUT2D eigenvalue weighted by Crippen LogP contribution is 2.22. The number of anilines is 2. The van der Waals surface area contributed by atoms with E-state index in [1.165, 1.54) is 11.8 Å². The summed E-state index contributed by atoms with van der Waals surface area (Å²) in [5.74, 6) is 0.244. The number of rotatable bonds is 8. The quantitative estimate of drug-likeness (QED) is 0.712. The van der Waals surface area contributed by atoms with Crippen LogP contribution in [0.25, 0.3) is 0 Å². The van der Waals surface area contributed by atoms with Crippen LogP contribution in [0.15, 0.2) is 53.7 Å². The van der Waals surface area contributed by atoms with Gasteiger partial charge in [0.05, 0.1) is 5.75 Å². The Labute approximate surface area is 146 Å². The average molecular weight is 343 g/mol. The van der Waals surface area contributed by atoms with E-state index in [0.29, 0.717) is 12.2 Å². The number of nitrogens with zero attached hydrogens (tertiary/aromatic N) is 1. The van der Waals surface area contributed by atoms with E-state index >= 15 is 0 Å². The fourth-order valence-corrected chi connectivity index (χ4v) is 2.76. The molecule has 24 heavy (non-hydrogen) atoms. The van der Waals surface area contributed by atoms with Crippen LogP contribution in [-0.2, 0) is 9.59 Å². The largest absolute Gasteiger partial charge is 0.326 e. The molecule has 0 saturated heterocycles. The summed E-state index contributed by atoms with van der Waals surface area (Å²) in [7, 11) is 0. The number of thioether (sulfide) groups is 1. The number of carbonyl (C=O) groups is 2. The van der Waals surface area contributed by atoms with E-state index in [4.69, 9.17) is 0 Å². The summed E-state index contributed by atoms with van der Waals surface area (Å²) in [5, 5.41) is 5.70. The predicted molar refractivity (Wildman–Crippen MR) is 98.2 cm³/mol. The van der Waals surface area contributed by atoms with Gasteiger partial charge in [-0.05, 0) is 36.8 Å². The number of amides is 2. The summed E-state index contributed by atoms with van der Waals surface area (Å²) in [5.41, 5.74) is 1.49. The van der Waals surface area contributed by atoms with E-state index in [0.717, 1.165) is 29.1 Å². The lowest BCUT2D eigenvalue weighted by molar-refractivity contribution is -0.116.